The second-order valence-electron chi connectivity index (χ2n) is 7.87. The van der Waals surface area contributed by atoms with E-state index < -0.39 is 29.9 Å². The van der Waals surface area contributed by atoms with E-state index in [-0.39, 0.29) is 16.8 Å². The lowest BCUT2D eigenvalue weighted by Gasteiger charge is -2.46. The lowest BCUT2D eigenvalue weighted by molar-refractivity contribution is 0.382. The first kappa shape index (κ1) is 22.4. The average Bonchev–Trinajstić information content (AvgIpc) is 2.82. The van der Waals surface area contributed by atoms with Crippen LogP contribution in [0.4, 0.5) is 0 Å². The molecule has 0 spiro atoms. The Balaban J connectivity index is 1.94. The van der Waals surface area contributed by atoms with Crippen molar-refractivity contribution in [3.63, 3.8) is 0 Å². The van der Waals surface area contributed by atoms with Crippen LogP contribution in [0.5, 0.6) is 0 Å². The summed E-state index contributed by atoms with van der Waals surface area (Å²) >= 11 is 0. The summed E-state index contributed by atoms with van der Waals surface area (Å²) in [6.07, 6.45) is 6.21. The first-order chi connectivity index (χ1) is 16.1. The van der Waals surface area contributed by atoms with Crippen LogP contribution in [0.1, 0.15) is 16.8 Å². The molecule has 10 heteroatoms. The lowest BCUT2D eigenvalue weighted by atomic mass is 9.76. The van der Waals surface area contributed by atoms with E-state index in [2.05, 4.69) is 9.98 Å². The highest BCUT2D eigenvalue weighted by atomic mass is 32.2. The molecule has 2 N–H and O–H groups in total. The minimum absolute atomic E-state index is 0.0722. The maximum absolute atomic E-state index is 13.1. The van der Waals surface area contributed by atoms with Crippen molar-refractivity contribution >= 4 is 38.1 Å². The van der Waals surface area contributed by atoms with Crippen molar-refractivity contribution in [2.75, 3.05) is 0 Å². The van der Waals surface area contributed by atoms with Crippen LogP contribution in [0.15, 0.2) is 90.1 Å². The summed E-state index contributed by atoms with van der Waals surface area (Å²) in [4.78, 5) is 5.37. The number of rotatable bonds is 4. The molecule has 8 nitrogen and oxygen atoms in total. The summed E-state index contributed by atoms with van der Waals surface area (Å²) in [7, 11) is -10.6. The fourth-order valence-electron chi connectivity index (χ4n) is 4.75. The number of hydrogen-bond acceptors (Lipinski definition) is 6. The zero-order chi connectivity index (χ0) is 24.2. The van der Waals surface area contributed by atoms with Gasteiger partial charge in [-0.25, -0.2) is 0 Å². The molecule has 5 rings (SSSR count). The molecule has 3 aromatic rings. The van der Waals surface area contributed by atoms with Crippen LogP contribution < -0.4 is 0 Å². The molecule has 0 saturated heterocycles. The summed E-state index contributed by atoms with van der Waals surface area (Å²) in [5.41, 5.74) is 1.48. The second kappa shape index (κ2) is 7.54. The van der Waals surface area contributed by atoms with Crippen molar-refractivity contribution in [1.29, 1.82) is 0 Å². The molecule has 0 bridgehead atoms. The summed E-state index contributed by atoms with van der Waals surface area (Å²) in [5.74, 6) is 0. The van der Waals surface area contributed by atoms with Crippen LogP contribution in [0.2, 0.25) is 0 Å². The van der Waals surface area contributed by atoms with Gasteiger partial charge < -0.3 is 0 Å². The van der Waals surface area contributed by atoms with Gasteiger partial charge in [-0.1, -0.05) is 72.8 Å². The normalized spacial score (nSPS) is 23.6. The van der Waals surface area contributed by atoms with Gasteiger partial charge in [-0.05, 0) is 34.4 Å². The smallest absolute Gasteiger partial charge is 0.285 e. The van der Waals surface area contributed by atoms with Crippen molar-refractivity contribution in [2.24, 2.45) is 4.99 Å². The number of aliphatic imine (C=N–C) groups is 1. The van der Waals surface area contributed by atoms with Crippen LogP contribution in [0.25, 0.3) is 22.8 Å². The molecule has 0 radical (unpaired) electrons. The molecule has 0 fully saturated rings. The van der Waals surface area contributed by atoms with E-state index in [4.69, 9.17) is 0 Å². The third-order valence-electron chi connectivity index (χ3n) is 6.15. The fourth-order valence-corrected chi connectivity index (χ4v) is 7.75. The van der Waals surface area contributed by atoms with Gasteiger partial charge in [0, 0.05) is 18.0 Å². The molecule has 2 aromatic carbocycles. The van der Waals surface area contributed by atoms with Gasteiger partial charge in [0.1, 0.15) is 0 Å². The lowest BCUT2D eigenvalue weighted by Crippen LogP contribution is -2.61. The van der Waals surface area contributed by atoms with Crippen LogP contribution >= 0.6 is 0 Å². The Hall–Kier alpha value is -3.44. The minimum Gasteiger partial charge on any atom is -0.285 e. The van der Waals surface area contributed by atoms with Crippen LogP contribution in [0, 0.1) is 0 Å². The van der Waals surface area contributed by atoms with Gasteiger partial charge in [-0.15, -0.1) is 0 Å². The van der Waals surface area contributed by atoms with E-state index in [0.717, 1.165) is 12.3 Å². The molecule has 2 aliphatic rings. The highest BCUT2D eigenvalue weighted by molar-refractivity contribution is 7.92. The SMILES string of the molecule is O=S(=O)(O)C12C=Cc3c(-c4ccccc4)ccnc3C1(S(=O)(=O)O)N=CC=C2c1ccccc1. The molecule has 1 aliphatic heterocycles. The Morgan fingerprint density at radius 3 is 1.97 bits per heavy atom. The van der Waals surface area contributed by atoms with Gasteiger partial charge in [0.25, 0.3) is 25.1 Å². The molecule has 2 unspecified atom stereocenters. The van der Waals surface area contributed by atoms with Gasteiger partial charge in [0.15, 0.2) is 4.75 Å². The van der Waals surface area contributed by atoms with E-state index in [0.29, 0.717) is 16.7 Å². The number of dihydropyridines is 1. The molecular weight excluding hydrogens is 476 g/mol. The molecule has 172 valence electrons. The summed E-state index contributed by atoms with van der Waals surface area (Å²) in [5, 5.41) is 0. The monoisotopic (exact) mass is 494 g/mol. The number of aromatic nitrogens is 1. The third kappa shape index (κ3) is 2.90. The van der Waals surface area contributed by atoms with E-state index in [1.165, 1.54) is 18.3 Å². The van der Waals surface area contributed by atoms with Gasteiger partial charge in [-0.3, -0.25) is 19.1 Å². The Bertz CT molecular complexity index is 1600. The van der Waals surface area contributed by atoms with Crippen molar-refractivity contribution < 1.29 is 25.9 Å². The Labute approximate surface area is 196 Å². The number of nitrogens with zero attached hydrogens (tertiary/aromatic N) is 2. The standard InChI is InChI=1S/C24H18N2O6S2/c27-33(28,29)23-14-11-20-19(17-7-3-1-4-8-17)12-15-25-22(20)24(23,34(30,31)32)26-16-13-21(23)18-9-5-2-6-10-18/h1-16H,(H,27,28,29)(H,30,31,32). The third-order valence-corrected chi connectivity index (χ3v) is 9.11. The van der Waals surface area contributed by atoms with Crippen molar-refractivity contribution in [1.82, 2.24) is 4.98 Å². The predicted octanol–water partition coefficient (Wildman–Crippen LogP) is 3.61. The molecular formula is C24H18N2O6S2. The zero-order valence-electron chi connectivity index (χ0n) is 17.5. The highest BCUT2D eigenvalue weighted by Gasteiger charge is 2.72. The fraction of sp³-hybridized carbons (Fsp3) is 0.0833. The van der Waals surface area contributed by atoms with Gasteiger partial charge in [0.05, 0.1) is 5.69 Å². The van der Waals surface area contributed by atoms with Crippen LogP contribution in [0.3, 0.4) is 0 Å². The minimum atomic E-state index is -5.33. The molecule has 2 atom stereocenters. The van der Waals surface area contributed by atoms with Gasteiger partial charge >= 0.3 is 0 Å². The number of pyridine rings is 1. The Morgan fingerprint density at radius 2 is 1.38 bits per heavy atom. The first-order valence-electron chi connectivity index (χ1n) is 10.1. The van der Waals surface area contributed by atoms with Crippen LogP contribution in [-0.4, -0.2) is 41.9 Å². The van der Waals surface area contributed by atoms with Crippen molar-refractivity contribution in [3.8, 4) is 11.1 Å². The molecule has 1 aromatic heterocycles. The predicted molar refractivity (Wildman–Crippen MR) is 129 cm³/mol. The average molecular weight is 495 g/mol. The Morgan fingerprint density at radius 1 is 0.765 bits per heavy atom. The molecule has 0 saturated carbocycles. The zero-order valence-corrected chi connectivity index (χ0v) is 19.1. The molecule has 2 heterocycles. The van der Waals surface area contributed by atoms with Crippen molar-refractivity contribution in [2.45, 2.75) is 9.62 Å². The second-order valence-corrected chi connectivity index (χ2v) is 11.0. The van der Waals surface area contributed by atoms with E-state index in [9.17, 15) is 25.9 Å². The quantitative estimate of drug-likeness (QED) is 0.529. The topological polar surface area (TPSA) is 134 Å². The summed E-state index contributed by atoms with van der Waals surface area (Å²) in [6.45, 7) is 0. The number of allylic oxidation sites excluding steroid dienone is 1. The summed E-state index contributed by atoms with van der Waals surface area (Å²) in [6, 6.07) is 18.8. The molecule has 34 heavy (non-hydrogen) atoms. The maximum Gasteiger partial charge on any atom is 0.299 e. The number of fused-ring (bicyclic) bond motifs is 3. The number of benzene rings is 2. The molecule has 1 aliphatic carbocycles. The molecule has 0 amide bonds. The first-order valence-corrected chi connectivity index (χ1v) is 13.0. The van der Waals surface area contributed by atoms with Crippen molar-refractivity contribution in [3.05, 3.63) is 102 Å². The largest absolute Gasteiger partial charge is 0.299 e. The van der Waals surface area contributed by atoms with Gasteiger partial charge in [0.2, 0.25) is 0 Å². The van der Waals surface area contributed by atoms with E-state index in [1.807, 2.05) is 6.07 Å². The van der Waals surface area contributed by atoms with E-state index in [1.54, 1.807) is 60.7 Å². The summed E-state index contributed by atoms with van der Waals surface area (Å²) < 4.78 is 71.1. The highest BCUT2D eigenvalue weighted by Crippen LogP contribution is 2.58. The number of hydrogen-bond donors (Lipinski definition) is 2. The maximum atomic E-state index is 13.1. The van der Waals surface area contributed by atoms with E-state index >= 15 is 0 Å². The Kier molecular flexibility index (Phi) is 4.96. The van der Waals surface area contributed by atoms with Crippen LogP contribution in [-0.2, 0) is 25.1 Å². The van der Waals surface area contributed by atoms with Gasteiger partial charge in [-0.2, -0.15) is 16.8 Å².